The van der Waals surface area contributed by atoms with Crippen molar-refractivity contribution in [3.63, 3.8) is 0 Å². The van der Waals surface area contributed by atoms with Crippen LogP contribution in [0.2, 0.25) is 0 Å². The number of anilines is 4. The van der Waals surface area contributed by atoms with Gasteiger partial charge in [0.25, 0.3) is 0 Å². The fourth-order valence-corrected chi connectivity index (χ4v) is 6.52. The maximum absolute atomic E-state index is 4.80. The largest absolute Gasteiger partial charge is 0.312 e. The van der Waals surface area contributed by atoms with Crippen molar-refractivity contribution in [3.05, 3.63) is 143 Å². The lowest BCUT2D eigenvalue weighted by molar-refractivity contribution is 0.843. The first kappa shape index (κ1) is 22.9. The molecule has 0 N–H and O–H groups in total. The number of aliphatic imine (C=N–C) groups is 1. The Hall–Kier alpha value is -5.06. The van der Waals surface area contributed by atoms with Crippen LogP contribution in [0.4, 0.5) is 22.7 Å². The number of hydrogen-bond acceptors (Lipinski definition) is 4. The van der Waals surface area contributed by atoms with E-state index in [-0.39, 0.29) is 0 Å². The van der Waals surface area contributed by atoms with Crippen LogP contribution < -0.4 is 9.80 Å². The van der Waals surface area contributed by atoms with E-state index in [0.717, 1.165) is 67.0 Å². The van der Waals surface area contributed by atoms with Crippen molar-refractivity contribution in [2.45, 2.75) is 32.1 Å². The second-order valence-electron chi connectivity index (χ2n) is 10.6. The van der Waals surface area contributed by atoms with Gasteiger partial charge >= 0.3 is 0 Å². The smallest absolute Gasteiger partial charge is 0.101 e. The summed E-state index contributed by atoms with van der Waals surface area (Å²) in [6, 6.07) is 31.5. The second-order valence-corrected chi connectivity index (χ2v) is 10.6. The molecule has 8 rings (SSSR count). The number of allylic oxidation sites excluding steroid dienone is 5. The van der Waals surface area contributed by atoms with E-state index in [9.17, 15) is 0 Å². The number of para-hydroxylation sites is 2. The molecular weight excluding hydrogens is 488 g/mol. The Morgan fingerprint density at radius 2 is 1.60 bits per heavy atom. The van der Waals surface area contributed by atoms with Crippen LogP contribution in [0.15, 0.2) is 101 Å². The average Bonchev–Trinajstić information content (AvgIpc) is 3.02. The van der Waals surface area contributed by atoms with E-state index in [2.05, 4.69) is 112 Å². The van der Waals surface area contributed by atoms with Gasteiger partial charge in [-0.15, -0.1) is 0 Å². The lowest BCUT2D eigenvalue weighted by atomic mass is 9.88. The van der Waals surface area contributed by atoms with Crippen molar-refractivity contribution in [2.24, 2.45) is 4.99 Å². The molecule has 0 radical (unpaired) electrons. The summed E-state index contributed by atoms with van der Waals surface area (Å²) < 4.78 is 0. The number of benzene rings is 2. The molecule has 0 bridgehead atoms. The molecule has 4 heteroatoms. The van der Waals surface area contributed by atoms with E-state index in [1.54, 1.807) is 0 Å². The van der Waals surface area contributed by atoms with Crippen molar-refractivity contribution in [2.75, 3.05) is 16.3 Å². The van der Waals surface area contributed by atoms with Crippen molar-refractivity contribution in [1.82, 2.24) is 4.98 Å². The lowest BCUT2D eigenvalue weighted by Gasteiger charge is -2.39. The Morgan fingerprint density at radius 1 is 0.775 bits per heavy atom. The molecule has 0 saturated heterocycles. The molecule has 40 heavy (non-hydrogen) atoms. The zero-order chi connectivity index (χ0) is 26.5. The summed E-state index contributed by atoms with van der Waals surface area (Å²) in [5.41, 5.74) is 14.3. The van der Waals surface area contributed by atoms with Crippen LogP contribution in [0.3, 0.4) is 0 Å². The number of hydrogen-bond donors (Lipinski definition) is 0. The first-order valence-corrected chi connectivity index (χ1v) is 13.9. The summed E-state index contributed by atoms with van der Waals surface area (Å²) in [5.74, 6) is 0. The number of nitrogens with zero attached hydrogens (tertiary/aromatic N) is 4. The van der Waals surface area contributed by atoms with Gasteiger partial charge in [0.2, 0.25) is 0 Å². The Kier molecular flexibility index (Phi) is 5.32. The standard InChI is InChI=1S/C36H26N4/c1-5-13-31-25(9-1)21-26-10-2-6-14-32(26)39(31)35-23-37-19-17-29(35)30-18-20-38-24-36(30)40-33-15-7-3-11-27(33)22-28-12-4-8-16-34(28)40/h1-5,7,9-13,15,23-24H,6,14,17,19,21-22H2. The molecule has 0 unspecified atom stereocenters. The zero-order valence-corrected chi connectivity index (χ0v) is 22.1. The third-order valence-electron chi connectivity index (χ3n) is 8.31. The summed E-state index contributed by atoms with van der Waals surface area (Å²) in [6.07, 6.45) is 16.4. The molecule has 3 aromatic carbocycles. The molecule has 4 aliphatic rings. The van der Waals surface area contributed by atoms with Crippen molar-refractivity contribution < 1.29 is 0 Å². The number of fused-ring (bicyclic) bond motifs is 3. The van der Waals surface area contributed by atoms with Gasteiger partial charge in [0, 0.05) is 43.2 Å². The summed E-state index contributed by atoms with van der Waals surface area (Å²) in [4.78, 5) is 14.0. The van der Waals surface area contributed by atoms with E-state index in [4.69, 9.17) is 4.99 Å². The van der Waals surface area contributed by atoms with E-state index >= 15 is 0 Å². The van der Waals surface area contributed by atoms with Gasteiger partial charge in [0.15, 0.2) is 0 Å². The Bertz CT molecular complexity index is 1730. The molecule has 0 saturated carbocycles. The van der Waals surface area contributed by atoms with Gasteiger partial charge in [-0.3, -0.25) is 9.89 Å². The fraction of sp³-hybridized carbons (Fsp3) is 0.167. The molecule has 1 aromatic heterocycles. The average molecular weight is 515 g/mol. The summed E-state index contributed by atoms with van der Waals surface area (Å²) in [7, 11) is 0. The fourth-order valence-electron chi connectivity index (χ4n) is 6.52. The molecule has 4 heterocycles. The van der Waals surface area contributed by atoms with E-state index in [1.165, 1.54) is 39.2 Å². The van der Waals surface area contributed by atoms with Crippen LogP contribution in [0.1, 0.15) is 41.5 Å². The highest BCUT2D eigenvalue weighted by atomic mass is 15.2. The molecule has 0 fully saturated rings. The topological polar surface area (TPSA) is 31.7 Å². The summed E-state index contributed by atoms with van der Waals surface area (Å²) in [6.45, 7) is 0.739. The second kappa shape index (κ2) is 9.30. The van der Waals surface area contributed by atoms with Crippen LogP contribution in [0.5, 0.6) is 0 Å². The molecule has 4 nitrogen and oxygen atoms in total. The number of aromatic nitrogens is 1. The summed E-state index contributed by atoms with van der Waals surface area (Å²) >= 11 is 0. The molecule has 0 spiro atoms. The van der Waals surface area contributed by atoms with Gasteiger partial charge in [-0.1, -0.05) is 54.6 Å². The Morgan fingerprint density at radius 3 is 2.50 bits per heavy atom. The predicted molar refractivity (Wildman–Crippen MR) is 160 cm³/mol. The quantitative estimate of drug-likeness (QED) is 0.250. The van der Waals surface area contributed by atoms with E-state index < -0.39 is 0 Å². The zero-order valence-electron chi connectivity index (χ0n) is 22.1. The van der Waals surface area contributed by atoms with Crippen LogP contribution in [0, 0.1) is 24.4 Å². The Balaban J connectivity index is 1.36. The minimum absolute atomic E-state index is 0.739. The van der Waals surface area contributed by atoms with Crippen molar-refractivity contribution in [3.8, 4) is 0 Å². The molecule has 4 aromatic rings. The van der Waals surface area contributed by atoms with Gasteiger partial charge in [0.1, 0.15) is 5.69 Å². The van der Waals surface area contributed by atoms with Gasteiger partial charge < -0.3 is 4.90 Å². The minimum atomic E-state index is 0.739. The van der Waals surface area contributed by atoms with Crippen LogP contribution >= 0.6 is 0 Å². The highest BCUT2D eigenvalue weighted by molar-refractivity contribution is 6.01. The molecule has 190 valence electrons. The van der Waals surface area contributed by atoms with Crippen LogP contribution in [-0.4, -0.2) is 17.7 Å². The first-order chi connectivity index (χ1) is 19.9. The maximum atomic E-state index is 4.80. The van der Waals surface area contributed by atoms with Gasteiger partial charge in [-0.2, -0.15) is 0 Å². The van der Waals surface area contributed by atoms with Crippen molar-refractivity contribution >= 4 is 34.5 Å². The molecule has 3 aliphatic heterocycles. The lowest BCUT2D eigenvalue weighted by Crippen LogP contribution is -2.31. The molecule has 0 atom stereocenters. The highest BCUT2D eigenvalue weighted by Gasteiger charge is 2.32. The third-order valence-corrected chi connectivity index (χ3v) is 8.31. The molecule has 0 amide bonds. The van der Waals surface area contributed by atoms with E-state index in [1.807, 2.05) is 12.3 Å². The van der Waals surface area contributed by atoms with Crippen LogP contribution in [-0.2, 0) is 12.8 Å². The van der Waals surface area contributed by atoms with Gasteiger partial charge in [-0.25, -0.2) is 4.98 Å². The first-order valence-electron chi connectivity index (χ1n) is 13.9. The third kappa shape index (κ3) is 3.58. The maximum Gasteiger partial charge on any atom is 0.101 e. The predicted octanol–water partition coefficient (Wildman–Crippen LogP) is 7.51. The van der Waals surface area contributed by atoms with Crippen LogP contribution in [0.25, 0.3) is 5.57 Å². The highest BCUT2D eigenvalue weighted by Crippen LogP contribution is 2.47. The normalized spacial score (nSPS) is 17.0. The van der Waals surface area contributed by atoms with Gasteiger partial charge in [0.05, 0.1) is 28.8 Å². The SMILES string of the molecule is c1ccc2c(c#1)N(c1cnc#cc1C1=C(N3C4=C(C=CCC4)Cc4ccccc43)C=NCC1)c1ccccc1C2. The molecular formula is C36H26N4. The number of dihydropyridines is 1. The Labute approximate surface area is 235 Å². The summed E-state index contributed by atoms with van der Waals surface area (Å²) in [5, 5.41) is 0. The number of rotatable bonds is 3. The van der Waals surface area contributed by atoms with Crippen molar-refractivity contribution in [1.29, 1.82) is 0 Å². The minimum Gasteiger partial charge on any atom is -0.312 e. The monoisotopic (exact) mass is 514 g/mol. The van der Waals surface area contributed by atoms with Gasteiger partial charge in [-0.05, 0) is 83.5 Å². The molecule has 1 aliphatic carbocycles. The van der Waals surface area contributed by atoms with E-state index in [0.29, 0.717) is 0 Å².